The Labute approximate surface area is 351 Å². The van der Waals surface area contributed by atoms with Gasteiger partial charge in [-0.05, 0) is 101 Å². The number of fused-ring (bicyclic) bond motifs is 8. The van der Waals surface area contributed by atoms with Crippen LogP contribution in [0, 0.1) is 0 Å². The van der Waals surface area contributed by atoms with Gasteiger partial charge in [0.05, 0.1) is 26.8 Å². The average Bonchev–Trinajstić information content (AvgIpc) is 3.98. The van der Waals surface area contributed by atoms with Gasteiger partial charge >= 0.3 is 0 Å². The van der Waals surface area contributed by atoms with Crippen molar-refractivity contribution in [1.82, 2.24) is 9.13 Å². The Hall–Kier alpha value is -7.66. The lowest BCUT2D eigenvalue weighted by Crippen LogP contribution is -2.10. The van der Waals surface area contributed by atoms with E-state index in [-0.39, 0.29) is 0 Å². The SMILES string of the molecule is c1ccc(-c2ccc(N(c3ccc(-n4c5ccccc5c5ccccc54)cc3)c3cccc(-c4cccc5c4sc4c6ccccc6n(-c6ccccc6)c54)c3)cc2)cc1. The molecule has 0 radical (unpaired) electrons. The van der Waals surface area contributed by atoms with E-state index in [1.165, 1.54) is 81.0 Å². The number of rotatable bonds is 7. The third kappa shape index (κ3) is 5.49. The van der Waals surface area contributed by atoms with E-state index in [1.54, 1.807) is 0 Å². The largest absolute Gasteiger partial charge is 0.310 e. The Morgan fingerprint density at radius 3 is 1.50 bits per heavy atom. The van der Waals surface area contributed by atoms with Crippen LogP contribution >= 0.6 is 11.3 Å². The van der Waals surface area contributed by atoms with Crippen LogP contribution in [0.4, 0.5) is 17.1 Å². The van der Waals surface area contributed by atoms with Gasteiger partial charge in [-0.1, -0.05) is 146 Å². The Kier molecular flexibility index (Phi) is 8.03. The molecule has 0 aliphatic rings. The number of thiophene rings is 1. The van der Waals surface area contributed by atoms with E-state index in [9.17, 15) is 0 Å². The van der Waals surface area contributed by atoms with Gasteiger partial charge in [-0.2, -0.15) is 0 Å². The molecule has 3 heterocycles. The van der Waals surface area contributed by atoms with Crippen LogP contribution in [0.3, 0.4) is 0 Å². The topological polar surface area (TPSA) is 13.1 Å². The van der Waals surface area contributed by atoms with E-state index in [2.05, 4.69) is 238 Å². The van der Waals surface area contributed by atoms with E-state index in [0.29, 0.717) is 0 Å². The summed E-state index contributed by atoms with van der Waals surface area (Å²) >= 11 is 1.90. The van der Waals surface area contributed by atoms with Gasteiger partial charge in [0.25, 0.3) is 0 Å². The second kappa shape index (κ2) is 14.0. The van der Waals surface area contributed by atoms with Gasteiger partial charge in [-0.25, -0.2) is 0 Å². The minimum atomic E-state index is 1.09. The highest BCUT2D eigenvalue weighted by Crippen LogP contribution is 2.46. The lowest BCUT2D eigenvalue weighted by molar-refractivity contribution is 1.17. The molecule has 3 nitrogen and oxygen atoms in total. The molecule has 0 bridgehead atoms. The molecule has 0 spiro atoms. The first-order valence-electron chi connectivity index (χ1n) is 20.4. The number of benzene rings is 9. The third-order valence-corrected chi connectivity index (χ3v) is 13.2. The summed E-state index contributed by atoms with van der Waals surface area (Å²) in [6, 6.07) is 81.4. The summed E-state index contributed by atoms with van der Waals surface area (Å²) in [4.78, 5) is 2.38. The second-order valence-corrected chi connectivity index (χ2v) is 16.4. The van der Waals surface area contributed by atoms with Crippen LogP contribution < -0.4 is 4.90 Å². The highest BCUT2D eigenvalue weighted by Gasteiger charge is 2.21. The smallest absolute Gasteiger partial charge is 0.0727 e. The highest BCUT2D eigenvalue weighted by atomic mass is 32.1. The maximum atomic E-state index is 2.44. The summed E-state index contributed by atoms with van der Waals surface area (Å²) in [7, 11) is 0. The molecule has 9 aromatic carbocycles. The minimum Gasteiger partial charge on any atom is -0.310 e. The normalized spacial score (nSPS) is 11.7. The fraction of sp³-hybridized carbons (Fsp3) is 0. The van der Waals surface area contributed by atoms with Gasteiger partial charge in [-0.3, -0.25) is 0 Å². The summed E-state index contributed by atoms with van der Waals surface area (Å²) in [5, 5.41) is 5.08. The highest BCUT2D eigenvalue weighted by molar-refractivity contribution is 7.27. The zero-order chi connectivity index (χ0) is 39.6. The molecule has 0 amide bonds. The molecule has 0 unspecified atom stereocenters. The van der Waals surface area contributed by atoms with Gasteiger partial charge in [0.15, 0.2) is 0 Å². The molecule has 0 saturated carbocycles. The molecule has 0 atom stereocenters. The third-order valence-electron chi connectivity index (χ3n) is 11.9. The Balaban J connectivity index is 1.01. The molecular weight excluding hydrogens is 747 g/mol. The molecule has 0 aliphatic heterocycles. The summed E-state index contributed by atoms with van der Waals surface area (Å²) < 4.78 is 7.43. The van der Waals surface area contributed by atoms with Crippen molar-refractivity contribution in [3.8, 4) is 33.6 Å². The fourth-order valence-corrected chi connectivity index (χ4v) is 10.6. The van der Waals surface area contributed by atoms with E-state index in [0.717, 1.165) is 22.7 Å². The maximum absolute atomic E-state index is 2.44. The Morgan fingerprint density at radius 2 is 0.817 bits per heavy atom. The first kappa shape index (κ1) is 34.4. The van der Waals surface area contributed by atoms with Crippen LogP contribution in [0.2, 0.25) is 0 Å². The zero-order valence-corrected chi connectivity index (χ0v) is 33.4. The summed E-state index contributed by atoms with van der Waals surface area (Å²) in [5.41, 5.74) is 15.3. The van der Waals surface area contributed by atoms with Crippen LogP contribution in [0.25, 0.3) is 86.6 Å². The molecule has 4 heteroatoms. The molecular formula is C56H37N3S. The summed E-state index contributed by atoms with van der Waals surface area (Å²) in [6.07, 6.45) is 0. The number of para-hydroxylation sites is 4. The standard InChI is InChI=1S/C56H37N3S/c1-3-15-38(16-4-1)39-29-31-42(32-30-39)57(43-33-35-44(36-34-43)58-51-26-10-7-21-47(51)48-22-8-11-27-52(48)58)45-20-13-17-40(37-45)46-24-14-25-50-54-56(60-55(46)50)49-23-9-12-28-53(49)59(54)41-18-5-2-6-19-41/h1-37H. The monoisotopic (exact) mass is 783 g/mol. The van der Waals surface area contributed by atoms with Crippen molar-refractivity contribution in [2.75, 3.05) is 4.90 Å². The first-order valence-corrected chi connectivity index (χ1v) is 21.2. The second-order valence-electron chi connectivity index (χ2n) is 15.3. The van der Waals surface area contributed by atoms with Crippen LogP contribution in [-0.4, -0.2) is 9.13 Å². The predicted molar refractivity (Wildman–Crippen MR) is 256 cm³/mol. The van der Waals surface area contributed by atoms with E-state index >= 15 is 0 Å². The number of hydrogen-bond donors (Lipinski definition) is 0. The lowest BCUT2D eigenvalue weighted by Gasteiger charge is -2.26. The maximum Gasteiger partial charge on any atom is 0.0727 e. The quantitative estimate of drug-likeness (QED) is 0.157. The van der Waals surface area contributed by atoms with Crippen LogP contribution in [-0.2, 0) is 0 Å². The molecule has 60 heavy (non-hydrogen) atoms. The van der Waals surface area contributed by atoms with E-state index in [4.69, 9.17) is 0 Å². The van der Waals surface area contributed by atoms with Crippen molar-refractivity contribution in [3.05, 3.63) is 224 Å². The summed E-state index contributed by atoms with van der Waals surface area (Å²) in [5.74, 6) is 0. The Bertz CT molecular complexity index is 3470. The van der Waals surface area contributed by atoms with Gasteiger partial charge in [-0.15, -0.1) is 11.3 Å². The van der Waals surface area contributed by atoms with E-state index < -0.39 is 0 Å². The average molecular weight is 784 g/mol. The van der Waals surface area contributed by atoms with E-state index in [1.807, 2.05) is 11.3 Å². The van der Waals surface area contributed by atoms with Crippen molar-refractivity contribution in [1.29, 1.82) is 0 Å². The van der Waals surface area contributed by atoms with Crippen LogP contribution in [0.15, 0.2) is 224 Å². The molecule has 3 aromatic heterocycles. The molecule has 282 valence electrons. The molecule has 0 fully saturated rings. The van der Waals surface area contributed by atoms with Gasteiger partial charge in [0.1, 0.15) is 0 Å². The number of hydrogen-bond acceptors (Lipinski definition) is 2. The lowest BCUT2D eigenvalue weighted by atomic mass is 10.0. The van der Waals surface area contributed by atoms with Gasteiger partial charge in [0, 0.05) is 54.7 Å². The van der Waals surface area contributed by atoms with Crippen molar-refractivity contribution in [2.45, 2.75) is 0 Å². The number of anilines is 3. The molecule has 12 rings (SSSR count). The fourth-order valence-electron chi connectivity index (χ4n) is 9.21. The number of aromatic nitrogens is 2. The Morgan fingerprint density at radius 1 is 0.317 bits per heavy atom. The predicted octanol–water partition coefficient (Wildman–Crippen LogP) is 15.9. The van der Waals surface area contributed by atoms with Crippen molar-refractivity contribution in [2.24, 2.45) is 0 Å². The van der Waals surface area contributed by atoms with Crippen molar-refractivity contribution >= 4 is 81.4 Å². The molecule has 0 aliphatic carbocycles. The summed E-state index contributed by atoms with van der Waals surface area (Å²) in [6.45, 7) is 0. The molecule has 12 aromatic rings. The molecule has 0 saturated heterocycles. The first-order chi connectivity index (χ1) is 29.8. The van der Waals surface area contributed by atoms with Crippen molar-refractivity contribution in [3.63, 3.8) is 0 Å². The van der Waals surface area contributed by atoms with Gasteiger partial charge < -0.3 is 14.0 Å². The minimum absolute atomic E-state index is 1.09. The van der Waals surface area contributed by atoms with Gasteiger partial charge in [0.2, 0.25) is 0 Å². The van der Waals surface area contributed by atoms with Crippen molar-refractivity contribution < 1.29 is 0 Å². The van der Waals surface area contributed by atoms with Crippen LogP contribution in [0.1, 0.15) is 0 Å². The zero-order valence-electron chi connectivity index (χ0n) is 32.6. The molecule has 0 N–H and O–H groups in total. The number of nitrogens with zero attached hydrogens (tertiary/aromatic N) is 3. The van der Waals surface area contributed by atoms with Crippen LogP contribution in [0.5, 0.6) is 0 Å².